The Kier molecular flexibility index (Phi) is 4.92. The number of carbonyl (C=O) groups is 1. The van der Waals surface area contributed by atoms with Gasteiger partial charge in [-0.3, -0.25) is 14.4 Å². The number of hydrogen-bond acceptors (Lipinski definition) is 5. The van der Waals surface area contributed by atoms with E-state index in [0.29, 0.717) is 12.2 Å². The molecule has 0 radical (unpaired) electrons. The molecule has 24 heavy (non-hydrogen) atoms. The highest BCUT2D eigenvalue weighted by Crippen LogP contribution is 2.29. The lowest BCUT2D eigenvalue weighted by molar-refractivity contribution is 0.0980. The Bertz CT molecular complexity index is 805. The third-order valence-electron chi connectivity index (χ3n) is 3.68. The van der Waals surface area contributed by atoms with Gasteiger partial charge in [0.15, 0.2) is 10.8 Å². The number of fused-ring (bicyclic) bond motifs is 1. The molecule has 126 valence electrons. The third kappa shape index (κ3) is 3.63. The normalized spacial score (nSPS) is 11.3. The molecule has 0 bridgehead atoms. The first kappa shape index (κ1) is 16.6. The lowest BCUT2D eigenvalue weighted by Crippen LogP contribution is -2.33. The van der Waals surface area contributed by atoms with Gasteiger partial charge in [-0.2, -0.15) is 5.10 Å². The number of aromatic nitrogens is 3. The second-order valence-corrected chi connectivity index (χ2v) is 6.96. The fraction of sp³-hybridized carbons (Fsp3) is 0.353. The number of amides is 1. The minimum atomic E-state index is -0.103. The summed E-state index contributed by atoms with van der Waals surface area (Å²) in [6.07, 6.45) is 2.66. The second kappa shape index (κ2) is 7.11. The van der Waals surface area contributed by atoms with Crippen molar-refractivity contribution >= 4 is 32.6 Å². The number of nitrogens with zero attached hydrogens (tertiary/aromatic N) is 5. The van der Waals surface area contributed by atoms with Crippen molar-refractivity contribution in [3.8, 4) is 0 Å². The average molecular weight is 343 g/mol. The zero-order chi connectivity index (χ0) is 17.1. The van der Waals surface area contributed by atoms with Crippen LogP contribution >= 0.6 is 11.3 Å². The highest BCUT2D eigenvalue weighted by Gasteiger charge is 2.22. The van der Waals surface area contributed by atoms with Gasteiger partial charge >= 0.3 is 0 Å². The van der Waals surface area contributed by atoms with Gasteiger partial charge in [-0.1, -0.05) is 23.5 Å². The summed E-state index contributed by atoms with van der Waals surface area (Å²) in [5.74, 6) is -0.103. The summed E-state index contributed by atoms with van der Waals surface area (Å²) < 4.78 is 2.72. The summed E-state index contributed by atoms with van der Waals surface area (Å²) >= 11 is 1.54. The summed E-state index contributed by atoms with van der Waals surface area (Å²) in [5.41, 5.74) is 1.37. The zero-order valence-corrected chi connectivity index (χ0v) is 15.0. The largest absolute Gasteiger partial charge is 0.309 e. The van der Waals surface area contributed by atoms with Crippen LogP contribution in [0.15, 0.2) is 36.5 Å². The molecule has 0 saturated carbocycles. The van der Waals surface area contributed by atoms with Gasteiger partial charge in [0.1, 0.15) is 0 Å². The van der Waals surface area contributed by atoms with Crippen molar-refractivity contribution in [1.82, 2.24) is 19.7 Å². The topological polar surface area (TPSA) is 54.3 Å². The highest BCUT2D eigenvalue weighted by molar-refractivity contribution is 7.22. The van der Waals surface area contributed by atoms with E-state index in [0.717, 1.165) is 28.3 Å². The van der Waals surface area contributed by atoms with Crippen LogP contribution in [0.2, 0.25) is 0 Å². The number of hydrogen-bond donors (Lipinski definition) is 0. The summed E-state index contributed by atoms with van der Waals surface area (Å²) in [5, 5.41) is 4.97. The lowest BCUT2D eigenvalue weighted by atomic mass is 10.3. The van der Waals surface area contributed by atoms with Crippen molar-refractivity contribution in [3.05, 3.63) is 42.2 Å². The van der Waals surface area contributed by atoms with E-state index in [2.05, 4.69) is 15.0 Å². The molecule has 1 amide bonds. The van der Waals surface area contributed by atoms with Crippen LogP contribution < -0.4 is 4.90 Å². The minimum Gasteiger partial charge on any atom is -0.309 e. The molecule has 0 fully saturated rings. The molecule has 0 aliphatic carbocycles. The molecule has 0 aliphatic rings. The maximum atomic E-state index is 12.9. The zero-order valence-electron chi connectivity index (χ0n) is 14.1. The Morgan fingerprint density at radius 2 is 2.00 bits per heavy atom. The average Bonchev–Trinajstić information content (AvgIpc) is 3.16. The van der Waals surface area contributed by atoms with E-state index in [9.17, 15) is 4.79 Å². The van der Waals surface area contributed by atoms with Crippen LogP contribution in [0.4, 0.5) is 5.13 Å². The molecule has 0 unspecified atom stereocenters. The van der Waals surface area contributed by atoms with E-state index in [1.165, 1.54) is 11.3 Å². The van der Waals surface area contributed by atoms with E-state index in [-0.39, 0.29) is 5.91 Å². The van der Waals surface area contributed by atoms with Crippen molar-refractivity contribution in [2.75, 3.05) is 32.1 Å². The standard InChI is InChI=1S/C17H21N5OS/c1-20(2)10-6-11-22(16(23)14-9-12-21(3)19-14)17-18-13-7-4-5-8-15(13)24-17/h4-5,7-9,12H,6,10-11H2,1-3H3. The van der Waals surface area contributed by atoms with Gasteiger partial charge in [0, 0.05) is 19.8 Å². The maximum absolute atomic E-state index is 12.9. The van der Waals surface area contributed by atoms with Gasteiger partial charge in [0.05, 0.1) is 10.2 Å². The predicted molar refractivity (Wildman–Crippen MR) is 97.7 cm³/mol. The number of anilines is 1. The van der Waals surface area contributed by atoms with Gasteiger partial charge in [-0.05, 0) is 45.3 Å². The smallest absolute Gasteiger partial charge is 0.280 e. The summed E-state index contributed by atoms with van der Waals surface area (Å²) in [6.45, 7) is 1.53. The van der Waals surface area contributed by atoms with Gasteiger partial charge < -0.3 is 4.90 Å². The summed E-state index contributed by atoms with van der Waals surface area (Å²) in [7, 11) is 5.87. The molecule has 1 aromatic carbocycles. The van der Waals surface area contributed by atoms with Crippen molar-refractivity contribution in [2.45, 2.75) is 6.42 Å². The molecule has 0 spiro atoms. The summed E-state index contributed by atoms with van der Waals surface area (Å²) in [4.78, 5) is 21.4. The van der Waals surface area contributed by atoms with Crippen molar-refractivity contribution in [1.29, 1.82) is 0 Å². The molecule has 0 atom stereocenters. The van der Waals surface area contributed by atoms with Gasteiger partial charge in [-0.25, -0.2) is 4.98 Å². The molecule has 3 rings (SSSR count). The van der Waals surface area contributed by atoms with Crippen molar-refractivity contribution in [3.63, 3.8) is 0 Å². The molecule has 6 nitrogen and oxygen atoms in total. The molecule has 7 heteroatoms. The van der Waals surface area contributed by atoms with Gasteiger partial charge in [0.25, 0.3) is 5.91 Å². The maximum Gasteiger partial charge on any atom is 0.280 e. The molecule has 2 heterocycles. The monoisotopic (exact) mass is 343 g/mol. The fourth-order valence-electron chi connectivity index (χ4n) is 2.47. The number of para-hydroxylation sites is 1. The first-order valence-electron chi connectivity index (χ1n) is 7.86. The predicted octanol–water partition coefficient (Wildman–Crippen LogP) is 2.63. The molecular formula is C17H21N5OS. The first-order valence-corrected chi connectivity index (χ1v) is 8.68. The van der Waals surface area contributed by atoms with Gasteiger partial charge in [-0.15, -0.1) is 0 Å². The van der Waals surface area contributed by atoms with Crippen LogP contribution in [0.5, 0.6) is 0 Å². The van der Waals surface area contributed by atoms with E-state index in [1.54, 1.807) is 21.8 Å². The number of thiazole rings is 1. The lowest BCUT2D eigenvalue weighted by Gasteiger charge is -2.20. The van der Waals surface area contributed by atoms with Crippen molar-refractivity contribution in [2.24, 2.45) is 7.05 Å². The molecule has 0 aliphatic heterocycles. The van der Waals surface area contributed by atoms with Crippen LogP contribution in [0, 0.1) is 0 Å². The fourth-order valence-corrected chi connectivity index (χ4v) is 3.46. The first-order chi connectivity index (χ1) is 11.5. The Hall–Kier alpha value is -2.25. The number of rotatable bonds is 6. The molecule has 2 aromatic heterocycles. The second-order valence-electron chi connectivity index (χ2n) is 5.95. The quantitative estimate of drug-likeness (QED) is 0.690. The van der Waals surface area contributed by atoms with Crippen LogP contribution in [-0.4, -0.2) is 52.8 Å². The Morgan fingerprint density at radius 3 is 2.67 bits per heavy atom. The van der Waals surface area contributed by atoms with Crippen LogP contribution in [0.1, 0.15) is 16.9 Å². The van der Waals surface area contributed by atoms with E-state index >= 15 is 0 Å². The Morgan fingerprint density at radius 1 is 1.21 bits per heavy atom. The third-order valence-corrected chi connectivity index (χ3v) is 4.74. The van der Waals surface area contributed by atoms with Gasteiger partial charge in [0.2, 0.25) is 0 Å². The minimum absolute atomic E-state index is 0.103. The van der Waals surface area contributed by atoms with Crippen LogP contribution in [0.25, 0.3) is 10.2 Å². The highest BCUT2D eigenvalue weighted by atomic mass is 32.1. The van der Waals surface area contributed by atoms with E-state index in [4.69, 9.17) is 0 Å². The molecular weight excluding hydrogens is 322 g/mol. The number of aryl methyl sites for hydroxylation is 1. The van der Waals surface area contributed by atoms with Crippen LogP contribution in [-0.2, 0) is 7.05 Å². The Balaban J connectivity index is 1.89. The number of carbonyl (C=O) groups excluding carboxylic acids is 1. The van der Waals surface area contributed by atoms with E-state index in [1.807, 2.05) is 45.4 Å². The molecule has 0 saturated heterocycles. The molecule has 3 aromatic rings. The van der Waals surface area contributed by atoms with Crippen molar-refractivity contribution < 1.29 is 4.79 Å². The number of benzene rings is 1. The summed E-state index contributed by atoms with van der Waals surface area (Å²) in [6, 6.07) is 9.69. The SMILES string of the molecule is CN(C)CCCN(C(=O)c1ccn(C)n1)c1nc2ccccc2s1. The van der Waals surface area contributed by atoms with E-state index < -0.39 is 0 Å². The Labute approximate surface area is 145 Å². The van der Waals surface area contributed by atoms with Crippen LogP contribution in [0.3, 0.4) is 0 Å². The molecule has 0 N–H and O–H groups in total.